The van der Waals surface area contributed by atoms with Crippen LogP contribution < -0.4 is 0 Å². The van der Waals surface area contributed by atoms with Crippen LogP contribution in [-0.4, -0.2) is 32.4 Å². The Morgan fingerprint density at radius 3 is 2.61 bits per heavy atom. The van der Waals surface area contributed by atoms with Crippen molar-refractivity contribution in [3.63, 3.8) is 0 Å². The molecule has 1 heterocycles. The molecule has 0 bridgehead atoms. The van der Waals surface area contributed by atoms with Gasteiger partial charge in [-0.25, -0.2) is 0 Å². The van der Waals surface area contributed by atoms with Crippen LogP contribution in [0.5, 0.6) is 0 Å². The highest BCUT2D eigenvalue weighted by atomic mass is 32.1. The van der Waals surface area contributed by atoms with E-state index in [1.807, 2.05) is 6.07 Å². The van der Waals surface area contributed by atoms with E-state index in [0.29, 0.717) is 18.1 Å². The third kappa shape index (κ3) is 2.80. The molecule has 1 aromatic carbocycles. The number of aromatic nitrogens is 1. The SMILES string of the molecule is COCCc1ccc2[nH]c(=S)oc2c1CCOC. The number of rotatable bonds is 6. The molecule has 1 N–H and O–H groups in total. The molecular weight excluding hydrogens is 250 g/mol. The van der Waals surface area contributed by atoms with E-state index >= 15 is 0 Å². The standard InChI is InChI=1S/C13H17NO3S/c1-15-7-5-9-3-4-11-12(17-13(18)14-11)10(9)6-8-16-2/h3-4H,5-8H2,1-2H3,(H,14,18). The number of ether oxygens (including phenoxy) is 2. The van der Waals surface area contributed by atoms with E-state index in [1.165, 1.54) is 5.56 Å². The first kappa shape index (κ1) is 13.3. The van der Waals surface area contributed by atoms with Crippen LogP contribution in [0.1, 0.15) is 11.1 Å². The van der Waals surface area contributed by atoms with E-state index in [9.17, 15) is 0 Å². The molecule has 2 rings (SSSR count). The van der Waals surface area contributed by atoms with Gasteiger partial charge in [-0.3, -0.25) is 0 Å². The summed E-state index contributed by atoms with van der Waals surface area (Å²) in [6.45, 7) is 1.35. The van der Waals surface area contributed by atoms with E-state index in [2.05, 4.69) is 11.1 Å². The molecule has 0 saturated heterocycles. The van der Waals surface area contributed by atoms with Crippen LogP contribution in [0, 0.1) is 4.84 Å². The fraction of sp³-hybridized carbons (Fsp3) is 0.462. The third-order valence-electron chi connectivity index (χ3n) is 2.92. The number of H-pyrrole nitrogens is 1. The molecule has 0 spiro atoms. The summed E-state index contributed by atoms with van der Waals surface area (Å²) >= 11 is 5.04. The minimum Gasteiger partial charge on any atom is -0.429 e. The smallest absolute Gasteiger partial charge is 0.266 e. The minimum absolute atomic E-state index is 0.410. The lowest BCUT2D eigenvalue weighted by Crippen LogP contribution is -2.03. The Morgan fingerprint density at radius 1 is 1.17 bits per heavy atom. The number of oxazole rings is 1. The molecule has 0 atom stereocenters. The Morgan fingerprint density at radius 2 is 1.89 bits per heavy atom. The Bertz CT molecular complexity index is 573. The van der Waals surface area contributed by atoms with Gasteiger partial charge in [-0.2, -0.15) is 0 Å². The summed E-state index contributed by atoms with van der Waals surface area (Å²) < 4.78 is 15.9. The quantitative estimate of drug-likeness (QED) is 0.818. The van der Waals surface area contributed by atoms with Gasteiger partial charge in [-0.1, -0.05) is 6.07 Å². The van der Waals surface area contributed by atoms with Crippen molar-refractivity contribution in [2.24, 2.45) is 0 Å². The van der Waals surface area contributed by atoms with Gasteiger partial charge < -0.3 is 18.9 Å². The maximum absolute atomic E-state index is 5.58. The van der Waals surface area contributed by atoms with Gasteiger partial charge in [-0.05, 0) is 36.7 Å². The number of aromatic amines is 1. The average molecular weight is 267 g/mol. The van der Waals surface area contributed by atoms with Crippen LogP contribution in [0.2, 0.25) is 0 Å². The molecule has 0 aliphatic rings. The lowest BCUT2D eigenvalue weighted by atomic mass is 10.0. The predicted molar refractivity (Wildman–Crippen MR) is 72.6 cm³/mol. The van der Waals surface area contributed by atoms with Crippen molar-refractivity contribution in [2.75, 3.05) is 27.4 Å². The summed E-state index contributed by atoms with van der Waals surface area (Å²) in [4.78, 5) is 3.44. The highest BCUT2D eigenvalue weighted by Crippen LogP contribution is 2.23. The molecule has 2 aromatic rings. The van der Waals surface area contributed by atoms with Crippen molar-refractivity contribution in [1.82, 2.24) is 4.98 Å². The van der Waals surface area contributed by atoms with Gasteiger partial charge in [0.2, 0.25) is 0 Å². The van der Waals surface area contributed by atoms with Crippen molar-refractivity contribution in [1.29, 1.82) is 0 Å². The highest BCUT2D eigenvalue weighted by molar-refractivity contribution is 7.71. The van der Waals surface area contributed by atoms with Crippen LogP contribution in [0.25, 0.3) is 11.1 Å². The molecule has 4 nitrogen and oxygen atoms in total. The monoisotopic (exact) mass is 267 g/mol. The highest BCUT2D eigenvalue weighted by Gasteiger charge is 2.11. The van der Waals surface area contributed by atoms with Crippen molar-refractivity contribution >= 4 is 23.3 Å². The molecule has 0 unspecified atom stereocenters. The number of hydrogen-bond donors (Lipinski definition) is 1. The van der Waals surface area contributed by atoms with E-state index in [0.717, 1.165) is 29.5 Å². The third-order valence-corrected chi connectivity index (χ3v) is 3.11. The van der Waals surface area contributed by atoms with Gasteiger partial charge in [0.05, 0.1) is 18.7 Å². The predicted octanol–water partition coefficient (Wildman–Crippen LogP) is 2.87. The summed E-state index contributed by atoms with van der Waals surface area (Å²) in [6.07, 6.45) is 1.67. The van der Waals surface area contributed by atoms with Crippen molar-refractivity contribution < 1.29 is 13.9 Å². The van der Waals surface area contributed by atoms with Gasteiger partial charge in [-0.15, -0.1) is 0 Å². The number of methoxy groups -OCH3 is 2. The van der Waals surface area contributed by atoms with Crippen LogP contribution in [0.4, 0.5) is 0 Å². The number of hydrogen-bond acceptors (Lipinski definition) is 4. The van der Waals surface area contributed by atoms with Gasteiger partial charge >= 0.3 is 0 Å². The maximum Gasteiger partial charge on any atom is 0.266 e. The Labute approximate surface area is 111 Å². The zero-order chi connectivity index (χ0) is 13.0. The lowest BCUT2D eigenvalue weighted by Gasteiger charge is -2.09. The van der Waals surface area contributed by atoms with Crippen molar-refractivity contribution in [3.05, 3.63) is 28.1 Å². The normalized spacial score (nSPS) is 11.2. The summed E-state index contributed by atoms with van der Waals surface area (Å²) in [7, 11) is 3.40. The Balaban J connectivity index is 2.44. The molecular formula is C13H17NO3S. The average Bonchev–Trinajstić information content (AvgIpc) is 2.74. The summed E-state index contributed by atoms with van der Waals surface area (Å²) in [5.74, 6) is 0. The van der Waals surface area contributed by atoms with Gasteiger partial charge in [0.1, 0.15) is 0 Å². The second kappa shape index (κ2) is 6.13. The molecule has 0 saturated carbocycles. The van der Waals surface area contributed by atoms with E-state index < -0.39 is 0 Å². The van der Waals surface area contributed by atoms with Crippen molar-refractivity contribution in [2.45, 2.75) is 12.8 Å². The summed E-state index contributed by atoms with van der Waals surface area (Å²) in [5.41, 5.74) is 4.15. The number of fused-ring (bicyclic) bond motifs is 1. The molecule has 18 heavy (non-hydrogen) atoms. The number of benzene rings is 1. The molecule has 5 heteroatoms. The van der Waals surface area contributed by atoms with Gasteiger partial charge in [0.15, 0.2) is 5.58 Å². The first-order valence-electron chi connectivity index (χ1n) is 5.87. The first-order chi connectivity index (χ1) is 8.76. The minimum atomic E-state index is 0.410. The van der Waals surface area contributed by atoms with Crippen LogP contribution in [-0.2, 0) is 22.3 Å². The summed E-state index contributed by atoms with van der Waals surface area (Å²) in [6, 6.07) is 4.09. The topological polar surface area (TPSA) is 47.4 Å². The van der Waals surface area contributed by atoms with E-state index in [4.69, 9.17) is 26.1 Å². The summed E-state index contributed by atoms with van der Waals surface area (Å²) in [5, 5.41) is 0. The fourth-order valence-electron chi connectivity index (χ4n) is 2.04. The molecule has 0 amide bonds. The van der Waals surface area contributed by atoms with Crippen LogP contribution in [0.15, 0.2) is 16.5 Å². The van der Waals surface area contributed by atoms with E-state index in [1.54, 1.807) is 14.2 Å². The van der Waals surface area contributed by atoms with Gasteiger partial charge in [0.25, 0.3) is 4.84 Å². The fourth-order valence-corrected chi connectivity index (χ4v) is 2.23. The second-order valence-corrected chi connectivity index (χ2v) is 4.45. The Kier molecular flexibility index (Phi) is 4.52. The molecule has 0 fully saturated rings. The molecule has 0 aliphatic carbocycles. The van der Waals surface area contributed by atoms with Crippen LogP contribution >= 0.6 is 12.2 Å². The van der Waals surface area contributed by atoms with Gasteiger partial charge in [0, 0.05) is 19.8 Å². The largest absolute Gasteiger partial charge is 0.429 e. The van der Waals surface area contributed by atoms with Crippen molar-refractivity contribution in [3.8, 4) is 0 Å². The van der Waals surface area contributed by atoms with E-state index in [-0.39, 0.29) is 0 Å². The zero-order valence-corrected chi connectivity index (χ0v) is 11.4. The lowest BCUT2D eigenvalue weighted by molar-refractivity contribution is 0.198. The van der Waals surface area contributed by atoms with Crippen LogP contribution in [0.3, 0.4) is 0 Å². The second-order valence-electron chi connectivity index (χ2n) is 4.08. The Hall–Kier alpha value is -1.17. The molecule has 1 aromatic heterocycles. The molecule has 0 radical (unpaired) electrons. The molecule has 0 aliphatic heterocycles. The number of nitrogens with one attached hydrogen (secondary N) is 1. The first-order valence-corrected chi connectivity index (χ1v) is 6.28. The zero-order valence-electron chi connectivity index (χ0n) is 10.6. The maximum atomic E-state index is 5.58. The molecule has 98 valence electrons.